The van der Waals surface area contributed by atoms with E-state index in [1.165, 1.54) is 0 Å². The van der Waals surface area contributed by atoms with Crippen molar-refractivity contribution in [3.05, 3.63) is 29.8 Å². The Morgan fingerprint density at radius 3 is 2.89 bits per heavy atom. The molecule has 0 saturated carbocycles. The van der Waals surface area contributed by atoms with Gasteiger partial charge in [-0.1, -0.05) is 25.5 Å². The minimum absolute atomic E-state index is 0.104. The number of hydrogen-bond donors (Lipinski definition) is 1. The van der Waals surface area contributed by atoms with Crippen LogP contribution in [0.1, 0.15) is 38.4 Å². The molecule has 1 aromatic carbocycles. The molecule has 0 spiro atoms. The van der Waals surface area contributed by atoms with Gasteiger partial charge in [-0.25, -0.2) is 4.79 Å². The Hall–Kier alpha value is -1.55. The van der Waals surface area contributed by atoms with Gasteiger partial charge >= 0.3 is 5.97 Å². The lowest BCUT2D eigenvalue weighted by molar-refractivity contribution is -0.146. The number of hydrogen-bond acceptors (Lipinski definition) is 4. The molecule has 1 aromatic rings. The van der Waals surface area contributed by atoms with E-state index in [0.29, 0.717) is 12.4 Å². The number of rotatable bonds is 7. The van der Waals surface area contributed by atoms with E-state index in [1.54, 1.807) is 31.2 Å². The molecule has 1 rings (SSSR count). The van der Waals surface area contributed by atoms with Crippen molar-refractivity contribution in [1.29, 1.82) is 0 Å². The zero-order chi connectivity index (χ0) is 13.4. The molecule has 0 amide bonds. The molecule has 18 heavy (non-hydrogen) atoms. The molecule has 0 aliphatic carbocycles. The third-order valence-electron chi connectivity index (χ3n) is 2.46. The van der Waals surface area contributed by atoms with Gasteiger partial charge in [-0.05, 0) is 31.0 Å². The number of carbonyl (C=O) groups excluding carboxylic acids is 1. The summed E-state index contributed by atoms with van der Waals surface area (Å²) in [5, 5.41) is 9.42. The van der Waals surface area contributed by atoms with Crippen molar-refractivity contribution < 1.29 is 19.4 Å². The Bertz CT molecular complexity index is 374. The number of aliphatic hydroxyl groups is 1. The summed E-state index contributed by atoms with van der Waals surface area (Å²) in [7, 11) is 0. The van der Waals surface area contributed by atoms with Crippen LogP contribution in [0.5, 0.6) is 5.75 Å². The van der Waals surface area contributed by atoms with Crippen LogP contribution in [0.3, 0.4) is 0 Å². The second-order valence-corrected chi connectivity index (χ2v) is 4.11. The Morgan fingerprint density at radius 2 is 2.22 bits per heavy atom. The van der Waals surface area contributed by atoms with Crippen molar-refractivity contribution in [2.24, 2.45) is 0 Å². The van der Waals surface area contributed by atoms with Gasteiger partial charge in [0.05, 0.1) is 12.7 Å². The third kappa shape index (κ3) is 5.19. The van der Waals surface area contributed by atoms with Crippen LogP contribution in [0.15, 0.2) is 24.3 Å². The Labute approximate surface area is 108 Å². The molecule has 0 bridgehead atoms. The largest absolute Gasteiger partial charge is 0.482 e. The highest BCUT2D eigenvalue weighted by atomic mass is 16.6. The molecular weight excluding hydrogens is 232 g/mol. The Balaban J connectivity index is 2.38. The van der Waals surface area contributed by atoms with Crippen LogP contribution >= 0.6 is 0 Å². The lowest BCUT2D eigenvalue weighted by Gasteiger charge is -2.09. The summed E-state index contributed by atoms with van der Waals surface area (Å²) in [6, 6.07) is 7.03. The third-order valence-corrected chi connectivity index (χ3v) is 2.46. The first-order valence-electron chi connectivity index (χ1n) is 6.20. The molecule has 1 N–H and O–H groups in total. The minimum atomic E-state index is -0.551. The number of benzene rings is 1. The standard InChI is InChI=1S/C14H20O4/c1-3-4-8-17-14(16)10-18-13-7-5-6-12(9-13)11(2)15/h5-7,9,11,15H,3-4,8,10H2,1-2H3/t11-/m1/s1. The summed E-state index contributed by atoms with van der Waals surface area (Å²) >= 11 is 0. The highest BCUT2D eigenvalue weighted by Gasteiger charge is 2.06. The summed E-state index contributed by atoms with van der Waals surface area (Å²) in [6.45, 7) is 4.05. The van der Waals surface area contributed by atoms with Crippen LogP contribution in [0.4, 0.5) is 0 Å². The van der Waals surface area contributed by atoms with Crippen molar-refractivity contribution in [3.8, 4) is 5.75 Å². The molecule has 0 fully saturated rings. The Kier molecular flexibility index (Phi) is 6.22. The van der Waals surface area contributed by atoms with Crippen LogP contribution in [0.2, 0.25) is 0 Å². The minimum Gasteiger partial charge on any atom is -0.482 e. The molecule has 0 saturated heterocycles. The van der Waals surface area contributed by atoms with Gasteiger partial charge in [-0.3, -0.25) is 0 Å². The topological polar surface area (TPSA) is 55.8 Å². The molecule has 100 valence electrons. The van der Waals surface area contributed by atoms with Crippen LogP contribution in [0, 0.1) is 0 Å². The van der Waals surface area contributed by atoms with Crippen LogP contribution < -0.4 is 4.74 Å². The van der Waals surface area contributed by atoms with E-state index in [0.717, 1.165) is 18.4 Å². The molecular formula is C14H20O4. The van der Waals surface area contributed by atoms with E-state index >= 15 is 0 Å². The predicted octanol–water partition coefficient (Wildman–Crippen LogP) is 2.46. The average molecular weight is 252 g/mol. The lowest BCUT2D eigenvalue weighted by Crippen LogP contribution is -2.15. The monoisotopic (exact) mass is 252 g/mol. The fourth-order valence-corrected chi connectivity index (χ4v) is 1.38. The van der Waals surface area contributed by atoms with Crippen molar-refractivity contribution in [1.82, 2.24) is 0 Å². The van der Waals surface area contributed by atoms with Gasteiger partial charge in [0.2, 0.25) is 0 Å². The molecule has 1 atom stereocenters. The van der Waals surface area contributed by atoms with Gasteiger partial charge in [0.25, 0.3) is 0 Å². The van der Waals surface area contributed by atoms with Gasteiger partial charge < -0.3 is 14.6 Å². The molecule has 4 heteroatoms. The summed E-state index contributed by atoms with van der Waals surface area (Å²) in [6.07, 6.45) is 1.30. The number of unbranched alkanes of at least 4 members (excludes halogenated alkanes) is 1. The van der Waals surface area contributed by atoms with Gasteiger partial charge in [-0.2, -0.15) is 0 Å². The van der Waals surface area contributed by atoms with Crippen LogP contribution in [-0.2, 0) is 9.53 Å². The summed E-state index contributed by atoms with van der Waals surface area (Å²) in [5.41, 5.74) is 0.756. The summed E-state index contributed by atoms with van der Waals surface area (Å²) < 4.78 is 10.3. The first-order valence-corrected chi connectivity index (χ1v) is 6.20. The second-order valence-electron chi connectivity index (χ2n) is 4.11. The van der Waals surface area contributed by atoms with Crippen molar-refractivity contribution >= 4 is 5.97 Å². The highest BCUT2D eigenvalue weighted by molar-refractivity contribution is 5.71. The normalized spacial score (nSPS) is 11.9. The molecule has 0 aliphatic heterocycles. The summed E-state index contributed by atoms with van der Waals surface area (Å²) in [4.78, 5) is 11.3. The zero-order valence-electron chi connectivity index (χ0n) is 10.9. The first-order chi connectivity index (χ1) is 8.63. The number of aliphatic hydroxyl groups excluding tert-OH is 1. The van der Waals surface area contributed by atoms with Crippen molar-refractivity contribution in [2.45, 2.75) is 32.8 Å². The van der Waals surface area contributed by atoms with E-state index < -0.39 is 6.10 Å². The second kappa shape index (κ2) is 7.71. The maximum absolute atomic E-state index is 11.3. The van der Waals surface area contributed by atoms with E-state index in [9.17, 15) is 9.90 Å². The van der Waals surface area contributed by atoms with E-state index in [4.69, 9.17) is 9.47 Å². The SMILES string of the molecule is CCCCOC(=O)COc1cccc([C@@H](C)O)c1. The van der Waals surface area contributed by atoms with Gasteiger partial charge in [0.15, 0.2) is 6.61 Å². The van der Waals surface area contributed by atoms with Gasteiger partial charge in [0.1, 0.15) is 5.75 Å². The zero-order valence-corrected chi connectivity index (χ0v) is 10.9. The number of esters is 1. The van der Waals surface area contributed by atoms with E-state index in [1.807, 2.05) is 6.92 Å². The van der Waals surface area contributed by atoms with Crippen LogP contribution in [-0.4, -0.2) is 24.3 Å². The fraction of sp³-hybridized carbons (Fsp3) is 0.500. The van der Waals surface area contributed by atoms with Crippen LogP contribution in [0.25, 0.3) is 0 Å². The smallest absolute Gasteiger partial charge is 0.344 e. The molecule has 0 aromatic heterocycles. The van der Waals surface area contributed by atoms with E-state index in [2.05, 4.69) is 0 Å². The van der Waals surface area contributed by atoms with Crippen molar-refractivity contribution in [2.75, 3.05) is 13.2 Å². The molecule has 0 aliphatic rings. The highest BCUT2D eigenvalue weighted by Crippen LogP contribution is 2.18. The molecule has 0 heterocycles. The fourth-order valence-electron chi connectivity index (χ4n) is 1.38. The number of carbonyl (C=O) groups is 1. The van der Waals surface area contributed by atoms with Crippen molar-refractivity contribution in [3.63, 3.8) is 0 Å². The molecule has 0 unspecified atom stereocenters. The maximum atomic E-state index is 11.3. The maximum Gasteiger partial charge on any atom is 0.344 e. The average Bonchev–Trinajstić information content (AvgIpc) is 2.37. The lowest BCUT2D eigenvalue weighted by atomic mass is 10.1. The number of ether oxygens (including phenoxy) is 2. The van der Waals surface area contributed by atoms with E-state index in [-0.39, 0.29) is 12.6 Å². The molecule has 0 radical (unpaired) electrons. The predicted molar refractivity (Wildman–Crippen MR) is 68.4 cm³/mol. The van der Waals surface area contributed by atoms with Gasteiger partial charge in [0, 0.05) is 0 Å². The quantitative estimate of drug-likeness (QED) is 0.598. The Morgan fingerprint density at radius 1 is 1.44 bits per heavy atom. The summed E-state index contributed by atoms with van der Waals surface area (Å²) in [5.74, 6) is 0.187. The first kappa shape index (κ1) is 14.5. The molecule has 4 nitrogen and oxygen atoms in total. The van der Waals surface area contributed by atoms with Gasteiger partial charge in [-0.15, -0.1) is 0 Å².